The maximum absolute atomic E-state index is 12.3. The van der Waals surface area contributed by atoms with Crippen LogP contribution < -0.4 is 5.73 Å². The molecule has 0 saturated heterocycles. The molecule has 3 N–H and O–H groups in total. The lowest BCUT2D eigenvalue weighted by Gasteiger charge is -2.07. The predicted molar refractivity (Wildman–Crippen MR) is 49.0 cm³/mol. The van der Waals surface area contributed by atoms with E-state index in [0.717, 1.165) is 12.1 Å². The molecule has 15 heavy (non-hydrogen) atoms. The molecule has 0 bridgehead atoms. The van der Waals surface area contributed by atoms with Crippen LogP contribution in [0.15, 0.2) is 18.2 Å². The Kier molecular flexibility index (Phi) is 3.22. The Labute approximate surface area is 84.5 Å². The first-order valence-electron chi connectivity index (χ1n) is 4.03. The lowest BCUT2D eigenvalue weighted by Crippen LogP contribution is -2.04. The quantitative estimate of drug-likeness (QED) is 0.647. The molecule has 0 fully saturated rings. The van der Waals surface area contributed by atoms with Crippen molar-refractivity contribution < 1.29 is 18.3 Å². The molecule has 0 spiro atoms. The maximum atomic E-state index is 12.3. The van der Waals surface area contributed by atoms with Gasteiger partial charge in [0.05, 0.1) is 12.1 Å². The largest absolute Gasteiger partial charge is 0.508 e. The van der Waals surface area contributed by atoms with E-state index in [1.807, 2.05) is 0 Å². The van der Waals surface area contributed by atoms with Gasteiger partial charge >= 0.3 is 6.18 Å². The molecule has 80 valence electrons. The molecule has 5 heteroatoms. The van der Waals surface area contributed by atoms with Gasteiger partial charge in [0.25, 0.3) is 0 Å². The van der Waals surface area contributed by atoms with E-state index in [-0.39, 0.29) is 12.1 Å². The van der Waals surface area contributed by atoms with Crippen LogP contribution in [0.3, 0.4) is 0 Å². The lowest BCUT2D eigenvalue weighted by atomic mass is 10.1. The summed E-state index contributed by atoms with van der Waals surface area (Å²) in [6.45, 7) is 0.0526. The van der Waals surface area contributed by atoms with Gasteiger partial charge in [0, 0.05) is 5.56 Å². The highest BCUT2D eigenvalue weighted by atomic mass is 19.4. The molecular weight excluding hydrogens is 207 g/mol. The summed E-state index contributed by atoms with van der Waals surface area (Å²) in [5.74, 6) is 4.37. The van der Waals surface area contributed by atoms with Gasteiger partial charge < -0.3 is 10.8 Å². The van der Waals surface area contributed by atoms with E-state index < -0.39 is 17.5 Å². The molecule has 0 saturated carbocycles. The highest BCUT2D eigenvalue weighted by Gasteiger charge is 2.31. The van der Waals surface area contributed by atoms with Crippen molar-refractivity contribution in [3.8, 4) is 17.6 Å². The Morgan fingerprint density at radius 2 is 1.93 bits per heavy atom. The number of nitrogens with two attached hydrogens (primary N) is 1. The van der Waals surface area contributed by atoms with Crippen LogP contribution in [0.1, 0.15) is 11.1 Å². The molecule has 0 radical (unpaired) electrons. The third-order valence-electron chi connectivity index (χ3n) is 1.58. The highest BCUT2D eigenvalue weighted by Crippen LogP contribution is 2.32. The second kappa shape index (κ2) is 4.24. The number of aromatic hydroxyl groups is 1. The standard InChI is InChI=1S/C10H8F3NO/c11-10(12,13)8-4-7(2-1-3-14)5-9(15)6-8/h4-6,15H,3,14H2. The summed E-state index contributed by atoms with van der Waals surface area (Å²) in [5, 5.41) is 9.06. The van der Waals surface area contributed by atoms with E-state index in [1.165, 1.54) is 0 Å². The Balaban J connectivity index is 3.17. The van der Waals surface area contributed by atoms with E-state index in [0.29, 0.717) is 6.07 Å². The molecule has 0 aromatic heterocycles. The average molecular weight is 215 g/mol. The first-order chi connectivity index (χ1) is 6.93. The Hall–Kier alpha value is -1.67. The van der Waals surface area contributed by atoms with Gasteiger partial charge in [0.1, 0.15) is 5.75 Å². The lowest BCUT2D eigenvalue weighted by molar-refractivity contribution is -0.137. The van der Waals surface area contributed by atoms with E-state index in [2.05, 4.69) is 11.8 Å². The summed E-state index contributed by atoms with van der Waals surface area (Å²) in [4.78, 5) is 0. The first-order valence-corrected chi connectivity index (χ1v) is 4.03. The summed E-state index contributed by atoms with van der Waals surface area (Å²) in [6.07, 6.45) is -4.49. The van der Waals surface area contributed by atoms with E-state index in [4.69, 9.17) is 10.8 Å². The van der Waals surface area contributed by atoms with E-state index in [1.54, 1.807) is 0 Å². The van der Waals surface area contributed by atoms with Crippen molar-refractivity contribution in [2.75, 3.05) is 6.54 Å². The monoisotopic (exact) mass is 215 g/mol. The van der Waals surface area contributed by atoms with Gasteiger partial charge in [-0.3, -0.25) is 0 Å². The molecule has 1 aromatic carbocycles. The van der Waals surface area contributed by atoms with Gasteiger partial charge in [0.2, 0.25) is 0 Å². The molecule has 1 aromatic rings. The summed E-state index contributed by atoms with van der Waals surface area (Å²) in [7, 11) is 0. The summed E-state index contributed by atoms with van der Waals surface area (Å²) in [6, 6.07) is 2.66. The molecule has 0 amide bonds. The number of hydrogen-bond acceptors (Lipinski definition) is 2. The second-order valence-corrected chi connectivity index (χ2v) is 2.77. The van der Waals surface area contributed by atoms with Crippen molar-refractivity contribution in [3.63, 3.8) is 0 Å². The van der Waals surface area contributed by atoms with Crippen LogP contribution in [0.2, 0.25) is 0 Å². The molecule has 0 aliphatic carbocycles. The van der Waals surface area contributed by atoms with Gasteiger partial charge in [-0.1, -0.05) is 11.8 Å². The van der Waals surface area contributed by atoms with Crippen molar-refractivity contribution in [2.24, 2.45) is 5.73 Å². The number of hydrogen-bond donors (Lipinski definition) is 2. The van der Waals surface area contributed by atoms with E-state index >= 15 is 0 Å². The smallest absolute Gasteiger partial charge is 0.416 e. The zero-order valence-corrected chi connectivity index (χ0v) is 7.60. The normalized spacial score (nSPS) is 10.7. The molecule has 0 heterocycles. The Bertz CT molecular complexity index is 415. The van der Waals surface area contributed by atoms with Crippen molar-refractivity contribution in [1.82, 2.24) is 0 Å². The van der Waals surface area contributed by atoms with Crippen LogP contribution in [-0.2, 0) is 6.18 Å². The number of rotatable bonds is 0. The van der Waals surface area contributed by atoms with Crippen LogP contribution >= 0.6 is 0 Å². The molecule has 1 rings (SSSR count). The van der Waals surface area contributed by atoms with Crippen molar-refractivity contribution in [3.05, 3.63) is 29.3 Å². The number of halogens is 3. The Morgan fingerprint density at radius 3 is 2.47 bits per heavy atom. The topological polar surface area (TPSA) is 46.2 Å². The average Bonchev–Trinajstić information content (AvgIpc) is 2.12. The third kappa shape index (κ3) is 3.18. The predicted octanol–water partition coefficient (Wildman–Crippen LogP) is 1.72. The fourth-order valence-electron chi connectivity index (χ4n) is 1.00. The SMILES string of the molecule is NCC#Cc1cc(O)cc(C(F)(F)F)c1. The minimum absolute atomic E-state index is 0.0526. The fraction of sp³-hybridized carbons (Fsp3) is 0.200. The zero-order chi connectivity index (χ0) is 11.5. The van der Waals surface area contributed by atoms with Crippen LogP contribution in [0, 0.1) is 11.8 Å². The summed E-state index contributed by atoms with van der Waals surface area (Å²) in [5.41, 5.74) is 4.24. The molecule has 2 nitrogen and oxygen atoms in total. The van der Waals surface area contributed by atoms with Crippen molar-refractivity contribution in [1.29, 1.82) is 0 Å². The number of alkyl halides is 3. The zero-order valence-electron chi connectivity index (χ0n) is 7.60. The maximum Gasteiger partial charge on any atom is 0.416 e. The number of phenolic OH excluding ortho intramolecular Hbond substituents is 1. The second-order valence-electron chi connectivity index (χ2n) is 2.77. The molecule has 0 aliphatic rings. The molecule has 0 unspecified atom stereocenters. The third-order valence-corrected chi connectivity index (χ3v) is 1.58. The molecular formula is C10H8F3NO. The van der Waals surface area contributed by atoms with Crippen LogP contribution in [0.4, 0.5) is 13.2 Å². The Morgan fingerprint density at radius 1 is 1.27 bits per heavy atom. The van der Waals surface area contributed by atoms with Gasteiger partial charge in [-0.2, -0.15) is 13.2 Å². The molecule has 0 atom stereocenters. The van der Waals surface area contributed by atoms with E-state index in [9.17, 15) is 13.2 Å². The van der Waals surface area contributed by atoms with Gasteiger partial charge in [-0.05, 0) is 18.2 Å². The van der Waals surface area contributed by atoms with Crippen LogP contribution in [-0.4, -0.2) is 11.7 Å². The van der Waals surface area contributed by atoms with Crippen LogP contribution in [0.5, 0.6) is 5.75 Å². The van der Waals surface area contributed by atoms with Gasteiger partial charge in [-0.15, -0.1) is 0 Å². The van der Waals surface area contributed by atoms with Crippen molar-refractivity contribution in [2.45, 2.75) is 6.18 Å². The van der Waals surface area contributed by atoms with Crippen molar-refractivity contribution >= 4 is 0 Å². The fourth-order valence-corrected chi connectivity index (χ4v) is 1.00. The first kappa shape index (κ1) is 11.4. The molecule has 0 aliphatic heterocycles. The minimum atomic E-state index is -4.49. The number of phenols is 1. The summed E-state index contributed by atoms with van der Waals surface area (Å²) < 4.78 is 36.9. The van der Waals surface area contributed by atoms with Gasteiger partial charge in [0.15, 0.2) is 0 Å². The van der Waals surface area contributed by atoms with Gasteiger partial charge in [-0.25, -0.2) is 0 Å². The van der Waals surface area contributed by atoms with Crippen LogP contribution in [0.25, 0.3) is 0 Å². The number of benzene rings is 1. The minimum Gasteiger partial charge on any atom is -0.508 e. The summed E-state index contributed by atoms with van der Waals surface area (Å²) >= 11 is 0. The highest BCUT2D eigenvalue weighted by molar-refractivity contribution is 5.43.